The number of ether oxygens (including phenoxy) is 3. The van der Waals surface area contributed by atoms with E-state index in [1.807, 2.05) is 12.1 Å². The lowest BCUT2D eigenvalue weighted by atomic mass is 10.1. The van der Waals surface area contributed by atoms with E-state index in [0.29, 0.717) is 39.6 Å². The number of anilines is 2. The Morgan fingerprint density at radius 3 is 2.06 bits per heavy atom. The molecule has 0 atom stereocenters. The predicted molar refractivity (Wildman–Crippen MR) is 130 cm³/mol. The van der Waals surface area contributed by atoms with Gasteiger partial charge in [-0.05, 0) is 48.6 Å². The Kier molecular flexibility index (Phi) is 7.70. The number of carbonyl (C=O) groups excluding carboxylic acids is 2. The third-order valence-corrected chi connectivity index (χ3v) is 5.02. The number of amides is 1. The molecule has 0 bridgehead atoms. The van der Waals surface area contributed by atoms with Gasteiger partial charge in [0.05, 0.1) is 32.5 Å². The first-order valence-electron chi connectivity index (χ1n) is 10.2. The van der Waals surface area contributed by atoms with Gasteiger partial charge in [0.15, 0.2) is 5.78 Å². The third kappa shape index (κ3) is 5.51. The van der Waals surface area contributed by atoms with Crippen molar-refractivity contribution >= 4 is 29.1 Å². The van der Waals surface area contributed by atoms with E-state index >= 15 is 0 Å². The van der Waals surface area contributed by atoms with Crippen molar-refractivity contribution < 1.29 is 23.8 Å². The SMILES string of the molecule is CNc1ccccc1C(=O)Nc1ccc(C(=O)/C=C/c2c(OC)cc(OC)cc2OC)cc1. The van der Waals surface area contributed by atoms with Gasteiger partial charge in [-0.1, -0.05) is 12.1 Å². The van der Waals surface area contributed by atoms with E-state index in [0.717, 1.165) is 5.69 Å². The first-order chi connectivity index (χ1) is 16.0. The second-order valence-corrected chi connectivity index (χ2v) is 6.97. The smallest absolute Gasteiger partial charge is 0.257 e. The minimum atomic E-state index is -0.238. The van der Waals surface area contributed by atoms with Crippen LogP contribution in [0.2, 0.25) is 0 Å². The van der Waals surface area contributed by atoms with Crippen LogP contribution in [0.25, 0.3) is 6.08 Å². The number of methoxy groups -OCH3 is 3. The predicted octanol–water partition coefficient (Wildman–Crippen LogP) is 4.90. The summed E-state index contributed by atoms with van der Waals surface area (Å²) in [5.74, 6) is 1.19. The van der Waals surface area contributed by atoms with Gasteiger partial charge in [-0.3, -0.25) is 9.59 Å². The topological polar surface area (TPSA) is 85.9 Å². The second-order valence-electron chi connectivity index (χ2n) is 6.97. The molecule has 1 amide bonds. The van der Waals surface area contributed by atoms with E-state index in [1.165, 1.54) is 20.3 Å². The van der Waals surface area contributed by atoms with Crippen LogP contribution in [0.5, 0.6) is 17.2 Å². The highest BCUT2D eigenvalue weighted by molar-refractivity contribution is 6.09. The lowest BCUT2D eigenvalue weighted by molar-refractivity contribution is 0.102. The van der Waals surface area contributed by atoms with Crippen molar-refractivity contribution in [2.24, 2.45) is 0 Å². The Morgan fingerprint density at radius 2 is 1.48 bits per heavy atom. The van der Waals surface area contributed by atoms with E-state index in [4.69, 9.17) is 14.2 Å². The number of allylic oxidation sites excluding steroid dienone is 1. The maximum atomic E-state index is 12.7. The standard InChI is InChI=1S/C26H26N2O5/c1-27-22-8-6-5-7-20(22)26(30)28-18-11-9-17(10-12-18)23(29)14-13-21-24(32-3)15-19(31-2)16-25(21)33-4/h5-16,27H,1-4H3,(H,28,30)/b14-13+. The summed E-state index contributed by atoms with van der Waals surface area (Å²) in [6.45, 7) is 0. The summed E-state index contributed by atoms with van der Waals surface area (Å²) in [5.41, 5.74) is 2.96. The zero-order chi connectivity index (χ0) is 23.8. The van der Waals surface area contributed by atoms with Crippen LogP contribution in [0.15, 0.2) is 66.7 Å². The molecule has 0 aliphatic heterocycles. The van der Waals surface area contributed by atoms with Crippen molar-refractivity contribution in [1.82, 2.24) is 0 Å². The number of carbonyl (C=O) groups is 2. The van der Waals surface area contributed by atoms with Crippen LogP contribution in [-0.2, 0) is 0 Å². The molecule has 0 saturated heterocycles. The fourth-order valence-corrected chi connectivity index (χ4v) is 3.27. The van der Waals surface area contributed by atoms with E-state index in [1.54, 1.807) is 68.8 Å². The molecule has 3 aromatic carbocycles. The minimum absolute atomic E-state index is 0.201. The van der Waals surface area contributed by atoms with Gasteiger partial charge in [0.2, 0.25) is 0 Å². The van der Waals surface area contributed by atoms with Crippen LogP contribution < -0.4 is 24.8 Å². The highest BCUT2D eigenvalue weighted by atomic mass is 16.5. The molecule has 0 radical (unpaired) electrons. The largest absolute Gasteiger partial charge is 0.496 e. The Hall–Kier alpha value is -4.26. The quantitative estimate of drug-likeness (QED) is 0.359. The van der Waals surface area contributed by atoms with Gasteiger partial charge in [-0.25, -0.2) is 0 Å². The zero-order valence-corrected chi connectivity index (χ0v) is 19.0. The number of ketones is 1. The Bertz CT molecular complexity index is 1140. The highest BCUT2D eigenvalue weighted by Crippen LogP contribution is 2.35. The number of hydrogen-bond acceptors (Lipinski definition) is 6. The van der Waals surface area contributed by atoms with Crippen molar-refractivity contribution in [3.05, 3.63) is 83.4 Å². The van der Waals surface area contributed by atoms with Gasteiger partial charge in [-0.15, -0.1) is 0 Å². The third-order valence-electron chi connectivity index (χ3n) is 5.02. The molecule has 3 rings (SSSR count). The highest BCUT2D eigenvalue weighted by Gasteiger charge is 2.13. The second kappa shape index (κ2) is 10.9. The van der Waals surface area contributed by atoms with Crippen LogP contribution in [0.3, 0.4) is 0 Å². The van der Waals surface area contributed by atoms with Crippen molar-refractivity contribution in [3.63, 3.8) is 0 Å². The molecular weight excluding hydrogens is 420 g/mol. The van der Waals surface area contributed by atoms with Gasteiger partial charge < -0.3 is 24.8 Å². The fraction of sp³-hybridized carbons (Fsp3) is 0.154. The molecule has 0 heterocycles. The molecule has 0 aliphatic carbocycles. The number of rotatable bonds is 9. The van der Waals surface area contributed by atoms with Crippen molar-refractivity contribution in [3.8, 4) is 17.2 Å². The minimum Gasteiger partial charge on any atom is -0.496 e. The molecule has 170 valence electrons. The number of hydrogen-bond donors (Lipinski definition) is 2. The average Bonchev–Trinajstić information content (AvgIpc) is 2.86. The fourth-order valence-electron chi connectivity index (χ4n) is 3.27. The van der Waals surface area contributed by atoms with Gasteiger partial charge in [-0.2, -0.15) is 0 Å². The van der Waals surface area contributed by atoms with Gasteiger partial charge in [0.25, 0.3) is 5.91 Å². The van der Waals surface area contributed by atoms with Crippen LogP contribution in [0.1, 0.15) is 26.3 Å². The monoisotopic (exact) mass is 446 g/mol. The average molecular weight is 447 g/mol. The Morgan fingerprint density at radius 1 is 0.848 bits per heavy atom. The molecule has 33 heavy (non-hydrogen) atoms. The molecule has 0 fully saturated rings. The summed E-state index contributed by atoms with van der Waals surface area (Å²) in [4.78, 5) is 25.3. The van der Waals surface area contributed by atoms with Crippen LogP contribution >= 0.6 is 0 Å². The van der Waals surface area contributed by atoms with E-state index in [2.05, 4.69) is 10.6 Å². The van der Waals surface area contributed by atoms with Crippen molar-refractivity contribution in [1.29, 1.82) is 0 Å². The summed E-state index contributed by atoms with van der Waals surface area (Å²) in [6, 6.07) is 17.4. The first-order valence-corrected chi connectivity index (χ1v) is 10.2. The van der Waals surface area contributed by atoms with Crippen molar-refractivity contribution in [2.45, 2.75) is 0 Å². The van der Waals surface area contributed by atoms with Crippen LogP contribution in [0.4, 0.5) is 11.4 Å². The summed E-state index contributed by atoms with van der Waals surface area (Å²) in [6.07, 6.45) is 3.09. The maximum absolute atomic E-state index is 12.7. The molecular formula is C26H26N2O5. The number of para-hydroxylation sites is 1. The molecule has 0 unspecified atom stereocenters. The summed E-state index contributed by atoms with van der Waals surface area (Å²) in [5, 5.41) is 5.84. The number of nitrogens with one attached hydrogen (secondary N) is 2. The molecule has 0 aromatic heterocycles. The van der Waals surface area contributed by atoms with E-state index in [9.17, 15) is 9.59 Å². The van der Waals surface area contributed by atoms with E-state index < -0.39 is 0 Å². The Labute approximate surface area is 193 Å². The Balaban J connectivity index is 1.75. The van der Waals surface area contributed by atoms with Crippen molar-refractivity contribution in [2.75, 3.05) is 39.0 Å². The lowest BCUT2D eigenvalue weighted by Gasteiger charge is -2.12. The van der Waals surface area contributed by atoms with Gasteiger partial charge in [0, 0.05) is 36.1 Å². The zero-order valence-electron chi connectivity index (χ0n) is 19.0. The molecule has 3 aromatic rings. The molecule has 2 N–H and O–H groups in total. The molecule has 0 spiro atoms. The number of benzene rings is 3. The summed E-state index contributed by atoms with van der Waals surface area (Å²) < 4.78 is 16.1. The van der Waals surface area contributed by atoms with Gasteiger partial charge in [0.1, 0.15) is 17.2 Å². The van der Waals surface area contributed by atoms with E-state index in [-0.39, 0.29) is 11.7 Å². The normalized spacial score (nSPS) is 10.5. The molecule has 0 aliphatic rings. The molecule has 0 saturated carbocycles. The maximum Gasteiger partial charge on any atom is 0.257 e. The lowest BCUT2D eigenvalue weighted by Crippen LogP contribution is -2.14. The van der Waals surface area contributed by atoms with Crippen LogP contribution in [-0.4, -0.2) is 40.1 Å². The first kappa shape index (κ1) is 23.4. The van der Waals surface area contributed by atoms with Crippen LogP contribution in [0, 0.1) is 0 Å². The molecule has 7 heteroatoms. The molecule has 7 nitrogen and oxygen atoms in total. The summed E-state index contributed by atoms with van der Waals surface area (Å²) >= 11 is 0. The summed E-state index contributed by atoms with van der Waals surface area (Å²) in [7, 11) is 6.39. The van der Waals surface area contributed by atoms with Gasteiger partial charge >= 0.3 is 0 Å².